The summed E-state index contributed by atoms with van der Waals surface area (Å²) in [6.07, 6.45) is 3.16. The molecule has 0 aromatic heterocycles. The van der Waals surface area contributed by atoms with E-state index < -0.39 is 0 Å². The summed E-state index contributed by atoms with van der Waals surface area (Å²) in [6.45, 7) is 4.35. The first-order valence-corrected chi connectivity index (χ1v) is 10.1. The minimum absolute atomic E-state index is 0.00290. The number of hydrogen-bond acceptors (Lipinski definition) is 3. The van der Waals surface area contributed by atoms with Gasteiger partial charge < -0.3 is 9.64 Å². The molecule has 2 unspecified atom stereocenters. The number of ketones is 1. The predicted octanol–water partition coefficient (Wildman–Crippen LogP) is 5.07. The Morgan fingerprint density at radius 3 is 2.18 bits per heavy atom. The smallest absolute Gasteiger partial charge is 0.410 e. The highest BCUT2D eigenvalue weighted by Crippen LogP contribution is 2.40. The van der Waals surface area contributed by atoms with E-state index in [0.29, 0.717) is 6.61 Å². The molecule has 2 aliphatic heterocycles. The van der Waals surface area contributed by atoms with Crippen LogP contribution in [0.15, 0.2) is 48.5 Å². The Morgan fingerprint density at radius 2 is 1.57 bits per heavy atom. The number of ether oxygens (including phenoxy) is 1. The lowest BCUT2D eigenvalue weighted by atomic mass is 9.84. The molecule has 4 nitrogen and oxygen atoms in total. The Bertz CT molecular complexity index is 842. The van der Waals surface area contributed by atoms with Crippen molar-refractivity contribution in [1.82, 2.24) is 4.90 Å². The highest BCUT2D eigenvalue weighted by Gasteiger charge is 2.45. The van der Waals surface area contributed by atoms with Crippen LogP contribution in [0.5, 0.6) is 0 Å². The average Bonchev–Trinajstić information content (AvgIpc) is 2.95. The van der Waals surface area contributed by atoms with Crippen LogP contribution in [0.1, 0.15) is 52.7 Å². The number of carbonyl (C=O) groups excluding carboxylic acids is 2. The van der Waals surface area contributed by atoms with Gasteiger partial charge in [0.1, 0.15) is 6.61 Å². The van der Waals surface area contributed by atoms with Crippen molar-refractivity contribution < 1.29 is 14.3 Å². The number of benzene rings is 2. The quantitative estimate of drug-likeness (QED) is 0.699. The topological polar surface area (TPSA) is 46.6 Å². The molecule has 2 saturated heterocycles. The first-order chi connectivity index (χ1) is 13.5. The maximum Gasteiger partial charge on any atom is 0.410 e. The molecule has 28 heavy (non-hydrogen) atoms. The van der Waals surface area contributed by atoms with E-state index in [1.165, 1.54) is 0 Å². The van der Waals surface area contributed by atoms with Gasteiger partial charge in [0, 0.05) is 23.6 Å². The Labute approximate surface area is 166 Å². The minimum atomic E-state index is -0.242. The maximum atomic E-state index is 13.1. The fraction of sp³-hybridized carbons (Fsp3) is 0.417. The van der Waals surface area contributed by atoms with Gasteiger partial charge in [-0.15, -0.1) is 0 Å². The summed E-state index contributed by atoms with van der Waals surface area (Å²) in [4.78, 5) is 27.7. The molecule has 0 aliphatic carbocycles. The summed E-state index contributed by atoms with van der Waals surface area (Å²) >= 11 is 0. The molecular formula is C24H27NO3. The van der Waals surface area contributed by atoms with Gasteiger partial charge in [-0.3, -0.25) is 4.79 Å². The van der Waals surface area contributed by atoms with Gasteiger partial charge >= 0.3 is 6.09 Å². The normalized spacial score (nSPS) is 23.5. The van der Waals surface area contributed by atoms with Gasteiger partial charge in [-0.25, -0.2) is 4.79 Å². The molecule has 0 saturated carbocycles. The summed E-state index contributed by atoms with van der Waals surface area (Å²) in [5.41, 5.74) is 4.03. The highest BCUT2D eigenvalue weighted by molar-refractivity contribution is 5.98. The third-order valence-electron chi connectivity index (χ3n) is 6.03. The SMILES string of the molecule is Cc1cc(C)cc(C(=O)C2CC3CCC(C2)N3C(=O)OCc2ccccc2)c1. The number of nitrogens with zero attached hydrogens (tertiary/aromatic N) is 1. The third kappa shape index (κ3) is 3.82. The summed E-state index contributed by atoms with van der Waals surface area (Å²) in [5.74, 6) is 0.220. The van der Waals surface area contributed by atoms with Gasteiger partial charge in [0.2, 0.25) is 0 Å². The van der Waals surface area contributed by atoms with Crippen LogP contribution in [0.25, 0.3) is 0 Å². The third-order valence-corrected chi connectivity index (χ3v) is 6.03. The van der Waals surface area contributed by atoms with Crippen molar-refractivity contribution in [1.29, 1.82) is 0 Å². The lowest BCUT2D eigenvalue weighted by Gasteiger charge is -2.37. The fourth-order valence-electron chi connectivity index (χ4n) is 4.84. The Balaban J connectivity index is 1.41. The molecule has 2 bridgehead atoms. The molecule has 0 radical (unpaired) electrons. The molecule has 2 atom stereocenters. The Kier molecular flexibility index (Phi) is 5.21. The number of carbonyl (C=O) groups is 2. The molecular weight excluding hydrogens is 350 g/mol. The summed E-state index contributed by atoms with van der Waals surface area (Å²) in [6, 6.07) is 16.0. The lowest BCUT2D eigenvalue weighted by Crippen LogP contribution is -2.48. The van der Waals surface area contributed by atoms with Crippen molar-refractivity contribution in [3.63, 3.8) is 0 Å². The van der Waals surface area contributed by atoms with E-state index in [0.717, 1.165) is 47.9 Å². The lowest BCUT2D eigenvalue weighted by molar-refractivity contribution is 0.0485. The summed E-state index contributed by atoms with van der Waals surface area (Å²) in [7, 11) is 0. The zero-order valence-electron chi connectivity index (χ0n) is 16.6. The van der Waals surface area contributed by atoms with Crippen molar-refractivity contribution in [2.45, 2.75) is 58.2 Å². The molecule has 1 amide bonds. The van der Waals surface area contributed by atoms with Crippen molar-refractivity contribution in [2.75, 3.05) is 0 Å². The van der Waals surface area contributed by atoms with E-state index in [9.17, 15) is 9.59 Å². The fourth-order valence-corrected chi connectivity index (χ4v) is 4.84. The second-order valence-corrected chi connectivity index (χ2v) is 8.24. The number of aryl methyl sites for hydroxylation is 2. The van der Waals surface area contributed by atoms with E-state index in [1.54, 1.807) is 0 Å². The average molecular weight is 377 g/mol. The van der Waals surface area contributed by atoms with E-state index in [1.807, 2.05) is 61.2 Å². The Morgan fingerprint density at radius 1 is 0.964 bits per heavy atom. The number of Topliss-reactive ketones (excluding diaryl/α,β-unsaturated/α-hetero) is 1. The largest absolute Gasteiger partial charge is 0.445 e. The van der Waals surface area contributed by atoms with Gasteiger partial charge in [-0.05, 0) is 57.2 Å². The van der Waals surface area contributed by atoms with Gasteiger partial charge in [0.15, 0.2) is 5.78 Å². The van der Waals surface area contributed by atoms with E-state index in [-0.39, 0.29) is 29.9 Å². The summed E-state index contributed by atoms with van der Waals surface area (Å²) in [5, 5.41) is 0. The number of amides is 1. The monoisotopic (exact) mass is 377 g/mol. The second-order valence-electron chi connectivity index (χ2n) is 8.24. The van der Waals surface area contributed by atoms with Crippen LogP contribution >= 0.6 is 0 Å². The number of piperidine rings is 1. The van der Waals surface area contributed by atoms with E-state index >= 15 is 0 Å². The zero-order valence-corrected chi connectivity index (χ0v) is 16.6. The molecule has 4 rings (SSSR count). The molecule has 4 heteroatoms. The first-order valence-electron chi connectivity index (χ1n) is 10.1. The zero-order chi connectivity index (χ0) is 19.7. The number of hydrogen-bond donors (Lipinski definition) is 0. The van der Waals surface area contributed by atoms with Crippen LogP contribution in [-0.2, 0) is 11.3 Å². The highest BCUT2D eigenvalue weighted by atomic mass is 16.6. The maximum absolute atomic E-state index is 13.1. The van der Waals surface area contributed by atoms with Gasteiger partial charge in [-0.2, -0.15) is 0 Å². The minimum Gasteiger partial charge on any atom is -0.445 e. The Hall–Kier alpha value is -2.62. The van der Waals surface area contributed by atoms with Crippen LogP contribution in [0.2, 0.25) is 0 Å². The van der Waals surface area contributed by atoms with Gasteiger partial charge in [0.05, 0.1) is 0 Å². The molecule has 2 aromatic rings. The second kappa shape index (κ2) is 7.78. The van der Waals surface area contributed by atoms with Crippen LogP contribution in [0, 0.1) is 19.8 Å². The van der Waals surface area contributed by atoms with Crippen LogP contribution < -0.4 is 0 Å². The van der Waals surface area contributed by atoms with Crippen molar-refractivity contribution in [2.24, 2.45) is 5.92 Å². The first kappa shape index (κ1) is 18.7. The molecule has 2 aromatic carbocycles. The van der Waals surface area contributed by atoms with Crippen LogP contribution in [0.4, 0.5) is 4.79 Å². The molecule has 2 fully saturated rings. The molecule has 0 spiro atoms. The van der Waals surface area contributed by atoms with Crippen LogP contribution in [-0.4, -0.2) is 28.9 Å². The van der Waals surface area contributed by atoms with E-state index in [2.05, 4.69) is 6.07 Å². The van der Waals surface area contributed by atoms with Crippen molar-refractivity contribution >= 4 is 11.9 Å². The molecule has 0 N–H and O–H groups in total. The molecule has 2 aliphatic rings. The summed E-state index contributed by atoms with van der Waals surface area (Å²) < 4.78 is 5.56. The molecule has 146 valence electrons. The van der Waals surface area contributed by atoms with Crippen molar-refractivity contribution in [3.05, 3.63) is 70.8 Å². The van der Waals surface area contributed by atoms with Crippen molar-refractivity contribution in [3.8, 4) is 0 Å². The number of fused-ring (bicyclic) bond motifs is 2. The number of rotatable bonds is 4. The van der Waals surface area contributed by atoms with Gasteiger partial charge in [0.25, 0.3) is 0 Å². The standard InChI is InChI=1S/C24H27NO3/c1-16-10-17(2)12-19(11-16)23(26)20-13-21-8-9-22(14-20)25(21)24(27)28-15-18-6-4-3-5-7-18/h3-7,10-12,20-22H,8-9,13-15H2,1-2H3. The predicted molar refractivity (Wildman–Crippen MR) is 108 cm³/mol. The van der Waals surface area contributed by atoms with Crippen LogP contribution in [0.3, 0.4) is 0 Å². The van der Waals surface area contributed by atoms with E-state index in [4.69, 9.17) is 4.74 Å². The molecule has 2 heterocycles. The van der Waals surface area contributed by atoms with Gasteiger partial charge in [-0.1, -0.05) is 47.5 Å².